The predicted octanol–water partition coefficient (Wildman–Crippen LogP) is 1.01. The van der Waals surface area contributed by atoms with Gasteiger partial charge in [-0.25, -0.2) is 4.68 Å². The zero-order chi connectivity index (χ0) is 9.97. The van der Waals surface area contributed by atoms with E-state index in [1.807, 2.05) is 6.20 Å². The molecule has 4 nitrogen and oxygen atoms in total. The Morgan fingerprint density at radius 2 is 2.50 bits per heavy atom. The van der Waals surface area contributed by atoms with Gasteiger partial charge in [0.2, 0.25) is 0 Å². The van der Waals surface area contributed by atoms with E-state index >= 15 is 0 Å². The highest BCUT2D eigenvalue weighted by molar-refractivity contribution is 4.98. The van der Waals surface area contributed by atoms with E-state index in [-0.39, 0.29) is 0 Å². The smallest absolute Gasteiger partial charge is 0.0725 e. The lowest BCUT2D eigenvalue weighted by molar-refractivity contribution is 0.447. The molecule has 78 valence electrons. The summed E-state index contributed by atoms with van der Waals surface area (Å²) in [6, 6.07) is 0.520. The second-order valence-electron chi connectivity index (χ2n) is 4.41. The van der Waals surface area contributed by atoms with E-state index in [2.05, 4.69) is 34.2 Å². The van der Waals surface area contributed by atoms with Crippen LogP contribution in [0.5, 0.6) is 0 Å². The lowest BCUT2D eigenvalue weighted by atomic mass is 10.1. The number of rotatable bonds is 3. The molecule has 1 aliphatic rings. The van der Waals surface area contributed by atoms with Crippen LogP contribution < -0.4 is 5.32 Å². The minimum absolute atomic E-state index is 0.520. The summed E-state index contributed by atoms with van der Waals surface area (Å²) >= 11 is 0. The number of nitrogens with zero attached hydrogens (tertiary/aromatic N) is 3. The van der Waals surface area contributed by atoms with Crippen LogP contribution >= 0.6 is 0 Å². The first-order valence-electron chi connectivity index (χ1n) is 5.37. The molecule has 1 fully saturated rings. The van der Waals surface area contributed by atoms with Gasteiger partial charge in [-0.1, -0.05) is 19.1 Å². The van der Waals surface area contributed by atoms with E-state index in [0.717, 1.165) is 19.5 Å². The van der Waals surface area contributed by atoms with Gasteiger partial charge in [-0.2, -0.15) is 0 Å². The van der Waals surface area contributed by atoms with Gasteiger partial charge in [-0.05, 0) is 25.3 Å². The van der Waals surface area contributed by atoms with Crippen LogP contribution in [0.4, 0.5) is 0 Å². The zero-order valence-corrected chi connectivity index (χ0v) is 8.90. The van der Waals surface area contributed by atoms with Crippen LogP contribution in [-0.2, 0) is 6.42 Å². The molecule has 1 N–H and O–H groups in total. The van der Waals surface area contributed by atoms with Crippen LogP contribution in [0.15, 0.2) is 6.20 Å². The molecule has 0 amide bonds. The molecule has 1 atom stereocenters. The quantitative estimate of drug-likeness (QED) is 0.781. The van der Waals surface area contributed by atoms with Gasteiger partial charge in [0.25, 0.3) is 0 Å². The van der Waals surface area contributed by atoms with Crippen molar-refractivity contribution in [3.63, 3.8) is 0 Å². The van der Waals surface area contributed by atoms with E-state index in [4.69, 9.17) is 0 Å². The van der Waals surface area contributed by atoms with Crippen molar-refractivity contribution in [2.24, 2.45) is 5.92 Å². The Hall–Kier alpha value is -0.900. The summed E-state index contributed by atoms with van der Waals surface area (Å²) < 4.78 is 2.10. The molecule has 0 saturated carbocycles. The van der Waals surface area contributed by atoms with Gasteiger partial charge >= 0.3 is 0 Å². The summed E-state index contributed by atoms with van der Waals surface area (Å²) in [7, 11) is 0. The van der Waals surface area contributed by atoms with Gasteiger partial charge in [0.15, 0.2) is 0 Å². The highest BCUT2D eigenvalue weighted by Gasteiger charge is 2.19. The average molecular weight is 194 g/mol. The lowest BCUT2D eigenvalue weighted by Gasteiger charge is -2.13. The largest absolute Gasteiger partial charge is 0.315 e. The van der Waals surface area contributed by atoms with Gasteiger partial charge in [0.05, 0.1) is 17.9 Å². The second kappa shape index (κ2) is 4.09. The van der Waals surface area contributed by atoms with E-state index in [0.29, 0.717) is 12.0 Å². The van der Waals surface area contributed by atoms with Crippen molar-refractivity contribution in [1.29, 1.82) is 0 Å². The first-order chi connectivity index (χ1) is 6.77. The minimum Gasteiger partial charge on any atom is -0.315 e. The SMILES string of the molecule is CC(C)Cc1cnnn1C1CCNC1. The summed E-state index contributed by atoms with van der Waals surface area (Å²) in [5.41, 5.74) is 1.27. The van der Waals surface area contributed by atoms with Crippen molar-refractivity contribution in [1.82, 2.24) is 20.3 Å². The van der Waals surface area contributed by atoms with Crippen LogP contribution in [0.2, 0.25) is 0 Å². The third-order valence-corrected chi connectivity index (χ3v) is 2.65. The number of hydrogen-bond donors (Lipinski definition) is 1. The van der Waals surface area contributed by atoms with E-state index in [9.17, 15) is 0 Å². The topological polar surface area (TPSA) is 42.7 Å². The Balaban J connectivity index is 2.12. The van der Waals surface area contributed by atoms with Gasteiger partial charge in [0.1, 0.15) is 0 Å². The van der Waals surface area contributed by atoms with Crippen molar-refractivity contribution >= 4 is 0 Å². The van der Waals surface area contributed by atoms with E-state index < -0.39 is 0 Å². The molecule has 0 aliphatic carbocycles. The molecule has 0 bridgehead atoms. The third kappa shape index (κ3) is 1.95. The van der Waals surface area contributed by atoms with Crippen molar-refractivity contribution in [2.75, 3.05) is 13.1 Å². The van der Waals surface area contributed by atoms with Crippen LogP contribution in [-0.4, -0.2) is 28.1 Å². The summed E-state index contributed by atoms with van der Waals surface area (Å²) in [4.78, 5) is 0. The molecule has 1 unspecified atom stereocenters. The fourth-order valence-electron chi connectivity index (χ4n) is 1.98. The molecule has 0 radical (unpaired) electrons. The molecule has 1 aliphatic heterocycles. The molecule has 0 aromatic carbocycles. The summed E-state index contributed by atoms with van der Waals surface area (Å²) in [6.07, 6.45) is 4.15. The van der Waals surface area contributed by atoms with Crippen LogP contribution in [0.25, 0.3) is 0 Å². The Kier molecular flexibility index (Phi) is 2.82. The molecule has 4 heteroatoms. The first kappa shape index (κ1) is 9.65. The second-order valence-corrected chi connectivity index (χ2v) is 4.41. The average Bonchev–Trinajstić information content (AvgIpc) is 2.70. The van der Waals surface area contributed by atoms with Crippen molar-refractivity contribution in [3.8, 4) is 0 Å². The normalized spacial score (nSPS) is 22.1. The monoisotopic (exact) mass is 194 g/mol. The summed E-state index contributed by atoms with van der Waals surface area (Å²) in [5.74, 6) is 0.668. The van der Waals surface area contributed by atoms with Gasteiger partial charge in [0, 0.05) is 6.54 Å². The maximum atomic E-state index is 4.18. The summed E-state index contributed by atoms with van der Waals surface area (Å²) in [5, 5.41) is 11.5. The molecule has 14 heavy (non-hydrogen) atoms. The Morgan fingerprint density at radius 1 is 1.64 bits per heavy atom. The number of aromatic nitrogens is 3. The predicted molar refractivity (Wildman–Crippen MR) is 55.1 cm³/mol. The van der Waals surface area contributed by atoms with Gasteiger partial charge < -0.3 is 5.32 Å². The molecule has 2 rings (SSSR count). The van der Waals surface area contributed by atoms with Gasteiger partial charge in [-0.15, -0.1) is 5.10 Å². The Morgan fingerprint density at radius 3 is 3.14 bits per heavy atom. The van der Waals surface area contributed by atoms with Crippen LogP contribution in [0.3, 0.4) is 0 Å². The Bertz CT molecular complexity index is 286. The summed E-state index contributed by atoms with van der Waals surface area (Å²) in [6.45, 7) is 6.59. The van der Waals surface area contributed by atoms with Crippen LogP contribution in [0, 0.1) is 5.92 Å². The maximum Gasteiger partial charge on any atom is 0.0725 e. The van der Waals surface area contributed by atoms with E-state index in [1.54, 1.807) is 0 Å². The minimum atomic E-state index is 0.520. The number of hydrogen-bond acceptors (Lipinski definition) is 3. The molecule has 2 heterocycles. The van der Waals surface area contributed by atoms with Gasteiger partial charge in [-0.3, -0.25) is 0 Å². The highest BCUT2D eigenvalue weighted by atomic mass is 15.4. The highest BCUT2D eigenvalue weighted by Crippen LogP contribution is 2.17. The lowest BCUT2D eigenvalue weighted by Crippen LogP contribution is -2.17. The molecular formula is C10H18N4. The Labute approximate surface area is 84.7 Å². The molecule has 1 aromatic rings. The zero-order valence-electron chi connectivity index (χ0n) is 8.90. The fraction of sp³-hybridized carbons (Fsp3) is 0.800. The van der Waals surface area contributed by atoms with Crippen molar-refractivity contribution in [3.05, 3.63) is 11.9 Å². The van der Waals surface area contributed by atoms with Crippen molar-refractivity contribution < 1.29 is 0 Å². The molecule has 0 spiro atoms. The molecular weight excluding hydrogens is 176 g/mol. The maximum absolute atomic E-state index is 4.18. The number of nitrogens with one attached hydrogen (secondary N) is 1. The van der Waals surface area contributed by atoms with Crippen LogP contribution in [0.1, 0.15) is 32.0 Å². The standard InChI is InChI=1S/C10H18N4/c1-8(2)5-10-7-12-13-14(10)9-3-4-11-6-9/h7-9,11H,3-6H2,1-2H3. The first-order valence-corrected chi connectivity index (χ1v) is 5.37. The van der Waals surface area contributed by atoms with Crippen molar-refractivity contribution in [2.45, 2.75) is 32.7 Å². The molecule has 1 aromatic heterocycles. The molecule has 1 saturated heterocycles. The fourth-order valence-corrected chi connectivity index (χ4v) is 1.98. The third-order valence-electron chi connectivity index (χ3n) is 2.65. The van der Waals surface area contributed by atoms with E-state index in [1.165, 1.54) is 12.1 Å².